The minimum Gasteiger partial charge on any atom is -0.383 e. The Bertz CT molecular complexity index is 251. The molecule has 0 bridgehead atoms. The Morgan fingerprint density at radius 3 is 2.58 bits per heavy atom. The second-order valence-electron chi connectivity index (χ2n) is 5.68. The van der Waals surface area contributed by atoms with Crippen molar-refractivity contribution in [3.8, 4) is 0 Å². The standard InChI is InChI=1S/C15H30N2O2/c1-4-5-13-6-8-14(9-7-13)17-12(2)15(18)16-10-11-19-3/h12-14,17H,4-11H2,1-3H3,(H,16,18). The van der Waals surface area contributed by atoms with E-state index in [1.165, 1.54) is 38.5 Å². The lowest BCUT2D eigenvalue weighted by atomic mass is 9.83. The van der Waals surface area contributed by atoms with Crippen molar-refractivity contribution < 1.29 is 9.53 Å². The molecule has 0 aliphatic heterocycles. The van der Waals surface area contributed by atoms with Crippen molar-refractivity contribution in [2.24, 2.45) is 5.92 Å². The molecule has 4 heteroatoms. The van der Waals surface area contributed by atoms with E-state index in [-0.39, 0.29) is 11.9 Å². The highest BCUT2D eigenvalue weighted by atomic mass is 16.5. The molecule has 0 aromatic rings. The van der Waals surface area contributed by atoms with Crippen LogP contribution >= 0.6 is 0 Å². The number of carbonyl (C=O) groups excluding carboxylic acids is 1. The monoisotopic (exact) mass is 270 g/mol. The van der Waals surface area contributed by atoms with Crippen molar-refractivity contribution in [2.75, 3.05) is 20.3 Å². The van der Waals surface area contributed by atoms with E-state index in [1.807, 2.05) is 6.92 Å². The summed E-state index contributed by atoms with van der Waals surface area (Å²) >= 11 is 0. The molecule has 1 fully saturated rings. The highest BCUT2D eigenvalue weighted by molar-refractivity contribution is 5.81. The SMILES string of the molecule is CCCC1CCC(NC(C)C(=O)NCCOC)CC1. The fourth-order valence-electron chi connectivity index (χ4n) is 2.88. The normalized spacial score (nSPS) is 25.0. The zero-order valence-electron chi connectivity index (χ0n) is 12.7. The van der Waals surface area contributed by atoms with Crippen LogP contribution in [0.15, 0.2) is 0 Å². The van der Waals surface area contributed by atoms with Gasteiger partial charge in [0.1, 0.15) is 0 Å². The number of carbonyl (C=O) groups is 1. The lowest BCUT2D eigenvalue weighted by Gasteiger charge is -2.30. The molecular formula is C15H30N2O2. The highest BCUT2D eigenvalue weighted by Gasteiger charge is 2.23. The fourth-order valence-corrected chi connectivity index (χ4v) is 2.88. The number of hydrogen-bond acceptors (Lipinski definition) is 3. The van der Waals surface area contributed by atoms with Gasteiger partial charge in [-0.25, -0.2) is 0 Å². The smallest absolute Gasteiger partial charge is 0.236 e. The van der Waals surface area contributed by atoms with Gasteiger partial charge in [-0.05, 0) is 38.5 Å². The van der Waals surface area contributed by atoms with E-state index < -0.39 is 0 Å². The molecule has 2 N–H and O–H groups in total. The van der Waals surface area contributed by atoms with E-state index >= 15 is 0 Å². The van der Waals surface area contributed by atoms with E-state index in [1.54, 1.807) is 7.11 Å². The molecule has 4 nitrogen and oxygen atoms in total. The molecule has 0 heterocycles. The van der Waals surface area contributed by atoms with Crippen LogP contribution in [0.1, 0.15) is 52.4 Å². The van der Waals surface area contributed by atoms with Gasteiger partial charge in [-0.1, -0.05) is 19.8 Å². The summed E-state index contributed by atoms with van der Waals surface area (Å²) in [6.45, 7) is 5.36. The van der Waals surface area contributed by atoms with Gasteiger partial charge in [0.15, 0.2) is 0 Å². The first-order valence-corrected chi connectivity index (χ1v) is 7.70. The number of methoxy groups -OCH3 is 1. The molecule has 112 valence electrons. The average molecular weight is 270 g/mol. The molecule has 19 heavy (non-hydrogen) atoms. The molecule has 0 spiro atoms. The first kappa shape index (κ1) is 16.4. The second kappa shape index (κ2) is 9.32. The van der Waals surface area contributed by atoms with Gasteiger partial charge in [-0.3, -0.25) is 4.79 Å². The summed E-state index contributed by atoms with van der Waals surface area (Å²) in [5.41, 5.74) is 0. The summed E-state index contributed by atoms with van der Waals surface area (Å²) in [4.78, 5) is 11.8. The van der Waals surface area contributed by atoms with Crippen LogP contribution in [-0.2, 0) is 9.53 Å². The molecule has 1 atom stereocenters. The van der Waals surface area contributed by atoms with E-state index in [9.17, 15) is 4.79 Å². The van der Waals surface area contributed by atoms with Crippen LogP contribution in [-0.4, -0.2) is 38.3 Å². The first-order valence-electron chi connectivity index (χ1n) is 7.70. The topological polar surface area (TPSA) is 50.4 Å². The number of nitrogens with one attached hydrogen (secondary N) is 2. The summed E-state index contributed by atoms with van der Waals surface area (Å²) < 4.78 is 4.92. The van der Waals surface area contributed by atoms with Crippen LogP contribution in [0.2, 0.25) is 0 Å². The molecule has 0 radical (unpaired) electrons. The molecule has 1 unspecified atom stereocenters. The third-order valence-corrected chi connectivity index (χ3v) is 4.03. The van der Waals surface area contributed by atoms with Crippen molar-refractivity contribution >= 4 is 5.91 Å². The van der Waals surface area contributed by atoms with E-state index in [4.69, 9.17) is 4.74 Å². The number of hydrogen-bond donors (Lipinski definition) is 2. The van der Waals surface area contributed by atoms with Crippen LogP contribution in [0.25, 0.3) is 0 Å². The van der Waals surface area contributed by atoms with Crippen LogP contribution in [0.5, 0.6) is 0 Å². The van der Waals surface area contributed by atoms with Crippen molar-refractivity contribution in [3.63, 3.8) is 0 Å². The molecule has 0 aromatic carbocycles. The third-order valence-electron chi connectivity index (χ3n) is 4.03. The minimum absolute atomic E-state index is 0.0766. The summed E-state index contributed by atoms with van der Waals surface area (Å²) in [7, 11) is 1.64. The Kier molecular flexibility index (Phi) is 8.07. The molecule has 1 aliphatic carbocycles. The number of ether oxygens (including phenoxy) is 1. The summed E-state index contributed by atoms with van der Waals surface area (Å²) in [6, 6.07) is 0.404. The second-order valence-corrected chi connectivity index (χ2v) is 5.68. The maximum absolute atomic E-state index is 11.8. The van der Waals surface area contributed by atoms with Crippen molar-refractivity contribution in [1.82, 2.24) is 10.6 Å². The van der Waals surface area contributed by atoms with E-state index in [0.29, 0.717) is 19.2 Å². The molecule has 0 aromatic heterocycles. The van der Waals surface area contributed by atoms with Gasteiger partial charge >= 0.3 is 0 Å². The van der Waals surface area contributed by atoms with Gasteiger partial charge in [-0.15, -0.1) is 0 Å². The van der Waals surface area contributed by atoms with Crippen molar-refractivity contribution in [2.45, 2.75) is 64.5 Å². The van der Waals surface area contributed by atoms with Crippen LogP contribution in [0.3, 0.4) is 0 Å². The maximum atomic E-state index is 11.8. The Balaban J connectivity index is 2.18. The van der Waals surface area contributed by atoms with Crippen LogP contribution < -0.4 is 10.6 Å². The summed E-state index contributed by atoms with van der Waals surface area (Å²) in [5.74, 6) is 0.988. The van der Waals surface area contributed by atoms with Gasteiger partial charge in [0.2, 0.25) is 5.91 Å². The highest BCUT2D eigenvalue weighted by Crippen LogP contribution is 2.27. The molecule has 0 saturated heterocycles. The quantitative estimate of drug-likeness (QED) is 0.664. The number of rotatable bonds is 8. The zero-order valence-corrected chi connectivity index (χ0v) is 12.7. The van der Waals surface area contributed by atoms with Crippen molar-refractivity contribution in [1.29, 1.82) is 0 Å². The molecule has 1 saturated carbocycles. The fraction of sp³-hybridized carbons (Fsp3) is 0.933. The van der Waals surface area contributed by atoms with Gasteiger partial charge < -0.3 is 15.4 Å². The molecule has 1 rings (SSSR count). The van der Waals surface area contributed by atoms with Crippen LogP contribution in [0.4, 0.5) is 0 Å². The van der Waals surface area contributed by atoms with Crippen molar-refractivity contribution in [3.05, 3.63) is 0 Å². The third kappa shape index (κ3) is 6.39. The molecule has 1 aliphatic rings. The average Bonchev–Trinajstić information content (AvgIpc) is 2.41. The molecule has 1 amide bonds. The maximum Gasteiger partial charge on any atom is 0.236 e. The predicted octanol–water partition coefficient (Wildman–Crippen LogP) is 2.09. The van der Waals surface area contributed by atoms with Gasteiger partial charge in [0.05, 0.1) is 12.6 Å². The zero-order chi connectivity index (χ0) is 14.1. The van der Waals surface area contributed by atoms with Crippen LogP contribution in [0, 0.1) is 5.92 Å². The Morgan fingerprint density at radius 2 is 2.00 bits per heavy atom. The lowest BCUT2D eigenvalue weighted by Crippen LogP contribution is -2.48. The Hall–Kier alpha value is -0.610. The first-order chi connectivity index (χ1) is 9.17. The summed E-state index contributed by atoms with van der Waals surface area (Å²) in [5, 5.41) is 6.33. The predicted molar refractivity (Wildman–Crippen MR) is 78.1 cm³/mol. The van der Waals surface area contributed by atoms with E-state index in [2.05, 4.69) is 17.6 Å². The Labute approximate surface area is 117 Å². The lowest BCUT2D eigenvalue weighted by molar-refractivity contribution is -0.123. The van der Waals surface area contributed by atoms with Gasteiger partial charge in [0.25, 0.3) is 0 Å². The molecular weight excluding hydrogens is 240 g/mol. The van der Waals surface area contributed by atoms with Gasteiger partial charge in [-0.2, -0.15) is 0 Å². The Morgan fingerprint density at radius 1 is 1.32 bits per heavy atom. The van der Waals surface area contributed by atoms with Gasteiger partial charge in [0, 0.05) is 19.7 Å². The minimum atomic E-state index is -0.107. The largest absolute Gasteiger partial charge is 0.383 e. The summed E-state index contributed by atoms with van der Waals surface area (Å²) in [6.07, 6.45) is 7.69. The van der Waals surface area contributed by atoms with E-state index in [0.717, 1.165) is 5.92 Å². The number of amides is 1.